The van der Waals surface area contributed by atoms with Crippen LogP contribution in [0, 0.1) is 5.82 Å². The van der Waals surface area contributed by atoms with Crippen LogP contribution in [0.3, 0.4) is 0 Å². The van der Waals surface area contributed by atoms with Gasteiger partial charge < -0.3 is 19.9 Å². The molecule has 0 spiro atoms. The van der Waals surface area contributed by atoms with Crippen LogP contribution in [-0.4, -0.2) is 54.6 Å². The van der Waals surface area contributed by atoms with Crippen LogP contribution in [0.1, 0.15) is 48.8 Å². The van der Waals surface area contributed by atoms with Crippen molar-refractivity contribution in [2.45, 2.75) is 39.2 Å². The number of nitrogens with zero attached hydrogens (tertiary/aromatic N) is 5. The number of rotatable bonds is 11. The van der Waals surface area contributed by atoms with Crippen molar-refractivity contribution in [3.05, 3.63) is 77.0 Å². The fraction of sp³-hybridized carbons (Fsp3) is 0.367. The van der Waals surface area contributed by atoms with Crippen LogP contribution in [0.25, 0.3) is 10.9 Å². The van der Waals surface area contributed by atoms with Crippen LogP contribution in [0.4, 0.5) is 30.4 Å². The molecule has 0 radical (unpaired) electrons. The summed E-state index contributed by atoms with van der Waals surface area (Å²) in [4.78, 5) is 18.0. The highest BCUT2D eigenvalue weighted by Crippen LogP contribution is 2.34. The number of nitrogens with one attached hydrogen (secondary N) is 1. The molecule has 1 N–H and O–H groups in total. The van der Waals surface area contributed by atoms with E-state index in [0.717, 1.165) is 46.9 Å². The van der Waals surface area contributed by atoms with Crippen LogP contribution >= 0.6 is 0 Å². The fourth-order valence-corrected chi connectivity index (χ4v) is 4.52. The van der Waals surface area contributed by atoms with E-state index in [9.17, 15) is 13.2 Å². The highest BCUT2D eigenvalue weighted by atomic mass is 19.3. The van der Waals surface area contributed by atoms with Crippen molar-refractivity contribution < 1.29 is 17.9 Å². The van der Waals surface area contributed by atoms with Crippen molar-refractivity contribution in [3.63, 3.8) is 0 Å². The first-order valence-electron chi connectivity index (χ1n) is 13.2. The molecule has 212 valence electrons. The van der Waals surface area contributed by atoms with Crippen LogP contribution in [0.2, 0.25) is 0 Å². The molecule has 2 aromatic carbocycles. The van der Waals surface area contributed by atoms with Crippen molar-refractivity contribution in [1.82, 2.24) is 19.9 Å². The minimum absolute atomic E-state index is 0.144. The Bertz CT molecular complexity index is 1480. The van der Waals surface area contributed by atoms with Gasteiger partial charge >= 0.3 is 0 Å². The number of aryl methyl sites for hydroxylation is 1. The molecule has 0 bridgehead atoms. The zero-order valence-electron chi connectivity index (χ0n) is 23.7. The van der Waals surface area contributed by atoms with Gasteiger partial charge in [-0.1, -0.05) is 25.1 Å². The van der Waals surface area contributed by atoms with Gasteiger partial charge in [-0.3, -0.25) is 0 Å². The summed E-state index contributed by atoms with van der Waals surface area (Å²) >= 11 is 0. The van der Waals surface area contributed by atoms with Gasteiger partial charge in [0.25, 0.3) is 6.43 Å². The second-order valence-corrected chi connectivity index (χ2v) is 9.93. The van der Waals surface area contributed by atoms with E-state index in [1.807, 2.05) is 51.2 Å². The Kier molecular flexibility index (Phi) is 9.09. The van der Waals surface area contributed by atoms with Gasteiger partial charge in [0.15, 0.2) is 0 Å². The molecule has 10 heteroatoms. The minimum atomic E-state index is -2.90. The Morgan fingerprint density at radius 2 is 1.75 bits per heavy atom. The quantitative estimate of drug-likeness (QED) is 0.222. The van der Waals surface area contributed by atoms with Gasteiger partial charge in [-0.25, -0.2) is 28.1 Å². The van der Waals surface area contributed by atoms with Gasteiger partial charge in [-0.15, -0.1) is 0 Å². The topological polar surface area (TPSA) is 66.4 Å². The summed E-state index contributed by atoms with van der Waals surface area (Å²) in [5, 5.41) is 3.98. The van der Waals surface area contributed by atoms with E-state index in [0.29, 0.717) is 23.9 Å². The summed E-state index contributed by atoms with van der Waals surface area (Å²) in [6.45, 7) is 4.53. The third kappa shape index (κ3) is 6.28. The number of methoxy groups -OCH3 is 1. The average Bonchev–Trinajstić information content (AvgIpc) is 2.94. The summed E-state index contributed by atoms with van der Waals surface area (Å²) in [6, 6.07) is 11.3. The van der Waals surface area contributed by atoms with E-state index >= 15 is 0 Å². The lowest BCUT2D eigenvalue weighted by atomic mass is 10.0. The Labute approximate surface area is 233 Å². The first kappa shape index (κ1) is 29.1. The zero-order valence-corrected chi connectivity index (χ0v) is 23.7. The summed E-state index contributed by atoms with van der Waals surface area (Å²) in [6.07, 6.45) is 0.251. The third-order valence-corrected chi connectivity index (χ3v) is 6.86. The normalized spacial score (nSPS) is 12.3. The molecule has 0 saturated heterocycles. The molecule has 4 aromatic rings. The number of alkyl halides is 2. The van der Waals surface area contributed by atoms with E-state index < -0.39 is 23.8 Å². The Morgan fingerprint density at radius 3 is 2.42 bits per heavy atom. The maximum Gasteiger partial charge on any atom is 0.266 e. The molecule has 1 atom stereocenters. The van der Waals surface area contributed by atoms with Crippen LogP contribution in [-0.2, 0) is 12.8 Å². The van der Waals surface area contributed by atoms with Gasteiger partial charge in [-0.05, 0) is 51.7 Å². The minimum Gasteiger partial charge on any atom is -0.481 e. The Balaban J connectivity index is 1.71. The smallest absolute Gasteiger partial charge is 0.266 e. The summed E-state index contributed by atoms with van der Waals surface area (Å²) in [7, 11) is 7.60. The van der Waals surface area contributed by atoms with Crippen molar-refractivity contribution in [2.75, 3.05) is 45.0 Å². The number of hydrogen-bond acceptors (Lipinski definition) is 7. The summed E-state index contributed by atoms with van der Waals surface area (Å²) < 4.78 is 47.0. The molecule has 4 rings (SSSR count). The standard InChI is InChI=1S/C30H35F3N6O/c1-7-26-36-25-12-11-20(39(5)21-15-19(13-14-38(3)4)30(40-6)34-17-21)16-24(25)29(37-26)35-18(2)22-9-8-10-23(27(22)31)28(32)33/h8-12,15-18,28H,7,13-14H2,1-6H3,(H,35,36,37)/t18-/m1/s1. The number of likely N-dealkylation sites (N-methyl/N-ethyl adjacent to an activating group) is 1. The lowest BCUT2D eigenvalue weighted by molar-refractivity contribution is 0.146. The van der Waals surface area contributed by atoms with Crippen molar-refractivity contribution in [3.8, 4) is 5.88 Å². The van der Waals surface area contributed by atoms with E-state index in [1.54, 1.807) is 20.2 Å². The molecule has 0 unspecified atom stereocenters. The highest BCUT2D eigenvalue weighted by molar-refractivity contribution is 5.92. The first-order chi connectivity index (χ1) is 19.1. The molecule has 0 fully saturated rings. The molecule has 0 aliphatic heterocycles. The summed E-state index contributed by atoms with van der Waals surface area (Å²) in [5.41, 5.74) is 3.00. The maximum atomic E-state index is 14.9. The second-order valence-electron chi connectivity index (χ2n) is 9.93. The van der Waals surface area contributed by atoms with Crippen LogP contribution in [0.5, 0.6) is 5.88 Å². The zero-order chi connectivity index (χ0) is 29.0. The number of ether oxygens (including phenoxy) is 1. The molecule has 2 aromatic heterocycles. The molecular formula is C30H35F3N6O. The number of aromatic nitrogens is 3. The SMILES string of the molecule is CCc1nc(N[C@H](C)c2cccc(C(F)F)c2F)c2cc(N(C)c3cnc(OC)c(CCN(C)C)c3)ccc2n1. The molecule has 0 aliphatic carbocycles. The van der Waals surface area contributed by atoms with Gasteiger partial charge in [0, 0.05) is 42.2 Å². The Hall–Kier alpha value is -3.92. The van der Waals surface area contributed by atoms with Crippen molar-refractivity contribution in [2.24, 2.45) is 0 Å². The molecular weight excluding hydrogens is 517 g/mol. The van der Waals surface area contributed by atoms with Gasteiger partial charge in [0.2, 0.25) is 5.88 Å². The van der Waals surface area contributed by atoms with E-state index in [1.165, 1.54) is 12.1 Å². The van der Waals surface area contributed by atoms with Crippen molar-refractivity contribution >= 4 is 28.1 Å². The Morgan fingerprint density at radius 1 is 1.00 bits per heavy atom. The molecule has 2 heterocycles. The van der Waals surface area contributed by atoms with Crippen molar-refractivity contribution in [1.29, 1.82) is 0 Å². The monoisotopic (exact) mass is 552 g/mol. The van der Waals surface area contributed by atoms with Gasteiger partial charge in [0.1, 0.15) is 17.5 Å². The number of benzene rings is 2. The highest BCUT2D eigenvalue weighted by Gasteiger charge is 2.21. The molecule has 40 heavy (non-hydrogen) atoms. The first-order valence-corrected chi connectivity index (χ1v) is 13.2. The molecule has 0 aliphatic rings. The van der Waals surface area contributed by atoms with Gasteiger partial charge in [0.05, 0.1) is 36.1 Å². The molecule has 7 nitrogen and oxygen atoms in total. The number of fused-ring (bicyclic) bond motifs is 1. The second kappa shape index (κ2) is 12.5. The van der Waals surface area contributed by atoms with Crippen LogP contribution in [0.15, 0.2) is 48.7 Å². The predicted molar refractivity (Wildman–Crippen MR) is 153 cm³/mol. The molecule has 0 amide bonds. The predicted octanol–water partition coefficient (Wildman–Crippen LogP) is 6.72. The number of pyridine rings is 1. The average molecular weight is 553 g/mol. The lowest BCUT2D eigenvalue weighted by Gasteiger charge is -2.23. The summed E-state index contributed by atoms with van der Waals surface area (Å²) in [5.74, 6) is 0.812. The van der Waals surface area contributed by atoms with E-state index in [4.69, 9.17) is 4.74 Å². The van der Waals surface area contributed by atoms with Crippen LogP contribution < -0.4 is 15.0 Å². The fourth-order valence-electron chi connectivity index (χ4n) is 4.52. The maximum absolute atomic E-state index is 14.9. The van der Waals surface area contributed by atoms with Gasteiger partial charge in [-0.2, -0.15) is 0 Å². The lowest BCUT2D eigenvalue weighted by Crippen LogP contribution is -2.16. The number of halogens is 3. The number of anilines is 3. The third-order valence-electron chi connectivity index (χ3n) is 6.86. The largest absolute Gasteiger partial charge is 0.481 e. The molecule has 0 saturated carbocycles. The van der Waals surface area contributed by atoms with E-state index in [-0.39, 0.29) is 5.56 Å². The van der Waals surface area contributed by atoms with E-state index in [2.05, 4.69) is 31.2 Å². The number of hydrogen-bond donors (Lipinski definition) is 1.